The molecule has 5 heteroatoms. The van der Waals surface area contributed by atoms with Crippen LogP contribution in [-0.2, 0) is 11.3 Å². The Bertz CT molecular complexity index is 586. The van der Waals surface area contributed by atoms with Crippen LogP contribution in [0, 0.1) is 5.82 Å². The smallest absolute Gasteiger partial charge is 0.317 e. The third-order valence-corrected chi connectivity index (χ3v) is 2.65. The average molecular weight is 248 g/mol. The molecular formula is C13H13FN2O2. The van der Waals surface area contributed by atoms with E-state index < -0.39 is 5.97 Å². The van der Waals surface area contributed by atoms with Gasteiger partial charge in [-0.05, 0) is 30.8 Å². The van der Waals surface area contributed by atoms with Gasteiger partial charge in [0, 0.05) is 18.1 Å². The fourth-order valence-corrected chi connectivity index (χ4v) is 1.90. The lowest BCUT2D eigenvalue weighted by Gasteiger charge is -2.15. The topological polar surface area (TPSA) is 53.4 Å². The van der Waals surface area contributed by atoms with Gasteiger partial charge in [-0.15, -0.1) is 0 Å². The van der Waals surface area contributed by atoms with Crippen LogP contribution >= 0.6 is 0 Å². The van der Waals surface area contributed by atoms with E-state index in [4.69, 9.17) is 5.11 Å². The van der Waals surface area contributed by atoms with Crippen molar-refractivity contribution in [1.29, 1.82) is 0 Å². The molecule has 0 unspecified atom stereocenters. The molecule has 2 rings (SSSR count). The number of nitrogens with zero attached hydrogens (tertiary/aromatic N) is 2. The van der Waals surface area contributed by atoms with Crippen molar-refractivity contribution >= 4 is 16.9 Å². The third kappa shape index (κ3) is 2.62. The number of carboxylic acids is 1. The number of hydrogen-bond donors (Lipinski definition) is 1. The molecule has 94 valence electrons. The number of aromatic nitrogens is 1. The third-order valence-electron chi connectivity index (χ3n) is 2.65. The van der Waals surface area contributed by atoms with Gasteiger partial charge in [0.2, 0.25) is 0 Å². The van der Waals surface area contributed by atoms with Crippen LogP contribution in [-0.4, -0.2) is 34.6 Å². The summed E-state index contributed by atoms with van der Waals surface area (Å²) >= 11 is 0. The maximum atomic E-state index is 13.6. The minimum atomic E-state index is -0.892. The molecule has 0 spiro atoms. The average Bonchev–Trinajstić information content (AvgIpc) is 2.32. The first kappa shape index (κ1) is 12.4. The highest BCUT2D eigenvalue weighted by atomic mass is 19.1. The van der Waals surface area contributed by atoms with Crippen molar-refractivity contribution in [1.82, 2.24) is 9.88 Å². The van der Waals surface area contributed by atoms with Gasteiger partial charge in [0.15, 0.2) is 0 Å². The van der Waals surface area contributed by atoms with Crippen LogP contribution < -0.4 is 0 Å². The number of fused-ring (bicyclic) bond motifs is 1. The highest BCUT2D eigenvalue weighted by molar-refractivity contribution is 5.82. The highest BCUT2D eigenvalue weighted by Gasteiger charge is 2.10. The highest BCUT2D eigenvalue weighted by Crippen LogP contribution is 2.20. The fourth-order valence-electron chi connectivity index (χ4n) is 1.90. The molecule has 2 aromatic rings. The minimum absolute atomic E-state index is 0.0638. The van der Waals surface area contributed by atoms with Crippen LogP contribution in [0.15, 0.2) is 30.5 Å². The number of rotatable bonds is 4. The molecule has 0 aliphatic carbocycles. The van der Waals surface area contributed by atoms with Gasteiger partial charge in [-0.3, -0.25) is 14.7 Å². The van der Waals surface area contributed by atoms with Crippen LogP contribution in [0.2, 0.25) is 0 Å². The number of hydrogen-bond acceptors (Lipinski definition) is 3. The number of benzene rings is 1. The van der Waals surface area contributed by atoms with Gasteiger partial charge in [0.25, 0.3) is 0 Å². The molecule has 1 N–H and O–H groups in total. The Morgan fingerprint density at radius 1 is 1.44 bits per heavy atom. The minimum Gasteiger partial charge on any atom is -0.480 e. The predicted molar refractivity (Wildman–Crippen MR) is 65.7 cm³/mol. The van der Waals surface area contributed by atoms with E-state index in [2.05, 4.69) is 4.98 Å². The molecule has 0 radical (unpaired) electrons. The Hall–Kier alpha value is -2.01. The zero-order valence-corrected chi connectivity index (χ0v) is 9.93. The van der Waals surface area contributed by atoms with Gasteiger partial charge in [-0.1, -0.05) is 6.07 Å². The largest absolute Gasteiger partial charge is 0.480 e. The number of carboxylic acid groups (broad SMARTS) is 1. The second-order valence-corrected chi connectivity index (χ2v) is 4.17. The first-order valence-corrected chi connectivity index (χ1v) is 5.50. The van der Waals surface area contributed by atoms with Crippen molar-refractivity contribution in [3.63, 3.8) is 0 Å². The quantitative estimate of drug-likeness (QED) is 0.897. The summed E-state index contributed by atoms with van der Waals surface area (Å²) in [5.41, 5.74) is 1.39. The van der Waals surface area contributed by atoms with Gasteiger partial charge in [0.1, 0.15) is 5.82 Å². The van der Waals surface area contributed by atoms with Crippen LogP contribution in [0.3, 0.4) is 0 Å². The Labute approximate surface area is 104 Å². The summed E-state index contributed by atoms with van der Waals surface area (Å²) in [7, 11) is 1.70. The second kappa shape index (κ2) is 5.10. The second-order valence-electron chi connectivity index (χ2n) is 4.17. The lowest BCUT2D eigenvalue weighted by Crippen LogP contribution is -2.25. The molecule has 4 nitrogen and oxygen atoms in total. The molecule has 1 aromatic heterocycles. The molecule has 18 heavy (non-hydrogen) atoms. The van der Waals surface area contributed by atoms with E-state index in [9.17, 15) is 9.18 Å². The Morgan fingerprint density at radius 3 is 2.94 bits per heavy atom. The molecule has 0 bridgehead atoms. The van der Waals surface area contributed by atoms with E-state index in [-0.39, 0.29) is 12.4 Å². The molecule has 0 aliphatic heterocycles. The van der Waals surface area contributed by atoms with E-state index in [1.54, 1.807) is 36.3 Å². The first-order valence-electron chi connectivity index (χ1n) is 5.50. The lowest BCUT2D eigenvalue weighted by molar-refractivity contribution is -0.138. The summed E-state index contributed by atoms with van der Waals surface area (Å²) < 4.78 is 13.6. The summed E-state index contributed by atoms with van der Waals surface area (Å²) in [4.78, 5) is 16.4. The summed E-state index contributed by atoms with van der Waals surface area (Å²) in [5, 5.41) is 9.16. The fraction of sp³-hybridized carbons (Fsp3) is 0.231. The summed E-state index contributed by atoms with van der Waals surface area (Å²) in [6, 6.07) is 6.37. The van der Waals surface area contributed by atoms with Crippen molar-refractivity contribution in [2.24, 2.45) is 0 Å². The van der Waals surface area contributed by atoms with E-state index in [0.717, 1.165) is 5.56 Å². The van der Waals surface area contributed by atoms with Crippen molar-refractivity contribution in [2.75, 3.05) is 13.6 Å². The van der Waals surface area contributed by atoms with Crippen molar-refractivity contribution in [3.8, 4) is 0 Å². The maximum Gasteiger partial charge on any atom is 0.317 e. The van der Waals surface area contributed by atoms with Gasteiger partial charge < -0.3 is 5.11 Å². The van der Waals surface area contributed by atoms with Crippen LogP contribution in [0.4, 0.5) is 4.39 Å². The number of halogens is 1. The first-order chi connectivity index (χ1) is 8.58. The normalized spacial score (nSPS) is 11.1. The monoisotopic (exact) mass is 248 g/mol. The van der Waals surface area contributed by atoms with Crippen molar-refractivity contribution < 1.29 is 14.3 Å². The summed E-state index contributed by atoms with van der Waals surface area (Å²) in [6.45, 7) is 0.353. The van der Waals surface area contributed by atoms with Crippen molar-refractivity contribution in [3.05, 3.63) is 41.8 Å². The summed E-state index contributed by atoms with van der Waals surface area (Å²) in [6.07, 6.45) is 1.60. The van der Waals surface area contributed by atoms with Crippen LogP contribution in [0.5, 0.6) is 0 Å². The molecule has 0 aliphatic rings. The molecule has 0 saturated carbocycles. The van der Waals surface area contributed by atoms with E-state index in [1.165, 1.54) is 6.07 Å². The van der Waals surface area contributed by atoms with Crippen molar-refractivity contribution in [2.45, 2.75) is 6.54 Å². The molecule has 1 aromatic carbocycles. The SMILES string of the molecule is CN(CC(=O)O)Cc1ccc(F)c2cccnc12. The molecule has 0 fully saturated rings. The molecule has 1 heterocycles. The molecule has 0 saturated heterocycles. The Kier molecular flexibility index (Phi) is 3.53. The van der Waals surface area contributed by atoms with Gasteiger partial charge in [-0.2, -0.15) is 0 Å². The lowest BCUT2D eigenvalue weighted by atomic mass is 10.1. The zero-order chi connectivity index (χ0) is 13.1. The van der Waals surface area contributed by atoms with Crippen LogP contribution in [0.25, 0.3) is 10.9 Å². The number of aliphatic carboxylic acids is 1. The van der Waals surface area contributed by atoms with Gasteiger partial charge in [-0.25, -0.2) is 4.39 Å². The zero-order valence-electron chi connectivity index (χ0n) is 9.93. The number of pyridine rings is 1. The van der Waals surface area contributed by atoms with Gasteiger partial charge in [0.05, 0.1) is 12.1 Å². The number of likely N-dealkylation sites (N-methyl/N-ethyl adjacent to an activating group) is 1. The van der Waals surface area contributed by atoms with Gasteiger partial charge >= 0.3 is 5.97 Å². The number of carbonyl (C=O) groups is 1. The van der Waals surface area contributed by atoms with Crippen LogP contribution in [0.1, 0.15) is 5.56 Å². The van der Waals surface area contributed by atoms with E-state index >= 15 is 0 Å². The van der Waals surface area contributed by atoms with E-state index in [0.29, 0.717) is 17.4 Å². The summed E-state index contributed by atoms with van der Waals surface area (Å²) in [5.74, 6) is -1.21. The Balaban J connectivity index is 2.34. The maximum absolute atomic E-state index is 13.6. The predicted octanol–water partition coefficient (Wildman–Crippen LogP) is 1.89. The molecule has 0 atom stereocenters. The standard InChI is InChI=1S/C13H13FN2O2/c1-16(8-12(17)18)7-9-4-5-11(14)10-3-2-6-15-13(9)10/h2-6H,7-8H2,1H3,(H,17,18). The molecular weight excluding hydrogens is 235 g/mol. The van der Waals surface area contributed by atoms with E-state index in [1.807, 2.05) is 0 Å². The molecule has 0 amide bonds. The Morgan fingerprint density at radius 2 is 2.22 bits per heavy atom.